The molecule has 1 aliphatic heterocycles. The molecule has 6 nitrogen and oxygen atoms in total. The van der Waals surface area contributed by atoms with Gasteiger partial charge < -0.3 is 0 Å². The molecule has 0 saturated heterocycles. The number of amides is 2. The van der Waals surface area contributed by atoms with Crippen LogP contribution in [-0.4, -0.2) is 22.2 Å². The molecule has 1 aromatic heterocycles. The van der Waals surface area contributed by atoms with Gasteiger partial charge in [-0.3, -0.25) is 10.4 Å². The van der Waals surface area contributed by atoms with E-state index in [0.717, 1.165) is 11.3 Å². The number of urea groups is 1. The van der Waals surface area contributed by atoms with E-state index in [4.69, 9.17) is 0 Å². The van der Waals surface area contributed by atoms with Gasteiger partial charge in [0.25, 0.3) is 0 Å². The fraction of sp³-hybridized carbons (Fsp3) is 0.100. The van der Waals surface area contributed by atoms with Gasteiger partial charge in [-0.2, -0.15) is 10.1 Å². The number of hydrazone groups is 1. The van der Waals surface area contributed by atoms with Gasteiger partial charge in [-0.1, -0.05) is 6.07 Å². The number of hydrogen-bond donors (Lipinski definition) is 2. The summed E-state index contributed by atoms with van der Waals surface area (Å²) in [7, 11) is 0. The van der Waals surface area contributed by atoms with Crippen molar-refractivity contribution in [1.29, 1.82) is 0 Å². The van der Waals surface area contributed by atoms with Crippen LogP contribution < -0.4 is 10.9 Å². The molecule has 2 amide bonds. The van der Waals surface area contributed by atoms with Crippen molar-refractivity contribution in [2.24, 2.45) is 5.10 Å². The van der Waals surface area contributed by atoms with E-state index in [0.29, 0.717) is 0 Å². The minimum absolute atomic E-state index is 0.328. The molecule has 0 unspecified atom stereocenters. The monoisotopic (exact) mass is 217 g/mol. The van der Waals surface area contributed by atoms with Crippen molar-refractivity contribution in [3.05, 3.63) is 42.0 Å². The predicted molar refractivity (Wildman–Crippen MR) is 59.1 cm³/mol. The molecular weight excluding hydrogens is 206 g/mol. The van der Waals surface area contributed by atoms with Crippen LogP contribution in [0.1, 0.15) is 12.5 Å². The molecule has 2 N–H and O–H groups in total. The Morgan fingerprint density at radius 1 is 1.50 bits per heavy atom. The van der Waals surface area contributed by atoms with Gasteiger partial charge in [0.05, 0.1) is 12.4 Å². The summed E-state index contributed by atoms with van der Waals surface area (Å²) in [5.41, 5.74) is 6.79. The Balaban J connectivity index is 2.12. The molecule has 16 heavy (non-hydrogen) atoms. The van der Waals surface area contributed by atoms with Gasteiger partial charge in [0, 0.05) is 23.7 Å². The zero-order valence-electron chi connectivity index (χ0n) is 8.71. The van der Waals surface area contributed by atoms with Crippen LogP contribution in [-0.2, 0) is 0 Å². The first-order valence-electron chi connectivity index (χ1n) is 4.73. The number of nitrogens with one attached hydrogen (secondary N) is 2. The Kier molecular flexibility index (Phi) is 2.81. The number of carbonyl (C=O) groups is 1. The third kappa shape index (κ3) is 2.35. The zero-order valence-corrected chi connectivity index (χ0v) is 8.71. The normalized spacial score (nSPS) is 15.7. The Morgan fingerprint density at radius 3 is 3.12 bits per heavy atom. The number of allylic oxidation sites excluding steroid dienone is 1. The number of nitrogens with zero attached hydrogens (tertiary/aromatic N) is 3. The summed E-state index contributed by atoms with van der Waals surface area (Å²) in [6.45, 7) is 1.83. The molecule has 1 aromatic rings. The maximum absolute atomic E-state index is 11.3. The standard InChI is InChI=1S/C10H11N5O/c1-8-7-15(10(16)14-13-8)12-6-9-3-2-4-11-5-9/h2-7,13H,1H3,(H,14,16). The van der Waals surface area contributed by atoms with Gasteiger partial charge in [0.1, 0.15) is 0 Å². The van der Waals surface area contributed by atoms with E-state index in [1.165, 1.54) is 5.01 Å². The zero-order chi connectivity index (χ0) is 11.4. The van der Waals surface area contributed by atoms with Crippen LogP contribution >= 0.6 is 0 Å². The third-order valence-corrected chi connectivity index (χ3v) is 1.91. The van der Waals surface area contributed by atoms with E-state index in [1.807, 2.05) is 13.0 Å². The van der Waals surface area contributed by atoms with Crippen LogP contribution in [0.15, 0.2) is 41.5 Å². The molecule has 0 aromatic carbocycles. The van der Waals surface area contributed by atoms with E-state index in [1.54, 1.807) is 30.9 Å². The summed E-state index contributed by atoms with van der Waals surface area (Å²) in [6.07, 6.45) is 6.52. The largest absolute Gasteiger partial charge is 0.360 e. The van der Waals surface area contributed by atoms with Gasteiger partial charge in [0.15, 0.2) is 0 Å². The highest BCUT2D eigenvalue weighted by atomic mass is 16.2. The summed E-state index contributed by atoms with van der Waals surface area (Å²) in [5.74, 6) is 0. The van der Waals surface area contributed by atoms with Crippen LogP contribution in [0, 0.1) is 0 Å². The van der Waals surface area contributed by atoms with Crippen molar-refractivity contribution in [2.45, 2.75) is 6.92 Å². The maximum Gasteiger partial charge on any atom is 0.360 e. The molecule has 0 atom stereocenters. The molecule has 0 spiro atoms. The van der Waals surface area contributed by atoms with Crippen LogP contribution in [0.3, 0.4) is 0 Å². The lowest BCUT2D eigenvalue weighted by Gasteiger charge is -2.21. The molecule has 1 aliphatic rings. The Bertz CT molecular complexity index is 440. The van der Waals surface area contributed by atoms with Crippen LogP contribution in [0.2, 0.25) is 0 Å². The molecule has 82 valence electrons. The van der Waals surface area contributed by atoms with Crippen molar-refractivity contribution in [3.63, 3.8) is 0 Å². The lowest BCUT2D eigenvalue weighted by molar-refractivity contribution is 0.208. The fourth-order valence-corrected chi connectivity index (χ4v) is 1.15. The van der Waals surface area contributed by atoms with Gasteiger partial charge in [-0.05, 0) is 13.0 Å². The smallest absolute Gasteiger partial charge is 0.300 e. The summed E-state index contributed by atoms with van der Waals surface area (Å²) in [4.78, 5) is 15.3. The van der Waals surface area contributed by atoms with Crippen molar-refractivity contribution in [2.75, 3.05) is 0 Å². The van der Waals surface area contributed by atoms with E-state index < -0.39 is 0 Å². The average molecular weight is 217 g/mol. The van der Waals surface area contributed by atoms with E-state index in [-0.39, 0.29) is 6.03 Å². The topological polar surface area (TPSA) is 69.6 Å². The average Bonchev–Trinajstić information content (AvgIpc) is 2.32. The predicted octanol–water partition coefficient (Wildman–Crippen LogP) is 0.807. The van der Waals surface area contributed by atoms with E-state index in [9.17, 15) is 4.79 Å². The molecular formula is C10H11N5O. The highest BCUT2D eigenvalue weighted by Crippen LogP contribution is 2.01. The molecule has 0 fully saturated rings. The maximum atomic E-state index is 11.3. The van der Waals surface area contributed by atoms with Gasteiger partial charge in [-0.25, -0.2) is 10.2 Å². The molecule has 6 heteroatoms. The number of rotatable bonds is 2. The van der Waals surface area contributed by atoms with Crippen molar-refractivity contribution >= 4 is 12.2 Å². The number of carbonyl (C=O) groups excluding carboxylic acids is 1. The van der Waals surface area contributed by atoms with Crippen molar-refractivity contribution in [1.82, 2.24) is 20.8 Å². The number of hydrogen-bond acceptors (Lipinski definition) is 4. The lowest BCUT2D eigenvalue weighted by Crippen LogP contribution is -2.46. The first kappa shape index (κ1) is 10.2. The second kappa shape index (κ2) is 4.43. The van der Waals surface area contributed by atoms with Gasteiger partial charge >= 0.3 is 6.03 Å². The van der Waals surface area contributed by atoms with Crippen LogP contribution in [0.25, 0.3) is 0 Å². The second-order valence-corrected chi connectivity index (χ2v) is 3.24. The summed E-state index contributed by atoms with van der Waals surface area (Å²) >= 11 is 0. The first-order valence-corrected chi connectivity index (χ1v) is 4.73. The summed E-state index contributed by atoms with van der Waals surface area (Å²) in [6, 6.07) is 3.33. The fourth-order valence-electron chi connectivity index (χ4n) is 1.15. The quantitative estimate of drug-likeness (QED) is 0.720. The number of pyridine rings is 1. The number of aromatic nitrogens is 1. The highest BCUT2D eigenvalue weighted by Gasteiger charge is 2.13. The summed E-state index contributed by atoms with van der Waals surface area (Å²) < 4.78 is 0. The van der Waals surface area contributed by atoms with Crippen molar-refractivity contribution < 1.29 is 4.79 Å². The molecule has 0 saturated carbocycles. The van der Waals surface area contributed by atoms with Gasteiger partial charge in [0.2, 0.25) is 0 Å². The second-order valence-electron chi connectivity index (χ2n) is 3.24. The van der Waals surface area contributed by atoms with Crippen LogP contribution in [0.4, 0.5) is 4.79 Å². The Morgan fingerprint density at radius 2 is 2.38 bits per heavy atom. The van der Waals surface area contributed by atoms with Gasteiger partial charge in [-0.15, -0.1) is 0 Å². The van der Waals surface area contributed by atoms with E-state index >= 15 is 0 Å². The molecule has 0 bridgehead atoms. The van der Waals surface area contributed by atoms with Crippen LogP contribution in [0.5, 0.6) is 0 Å². The van der Waals surface area contributed by atoms with Crippen molar-refractivity contribution in [3.8, 4) is 0 Å². The minimum Gasteiger partial charge on any atom is -0.300 e. The first-order chi connectivity index (χ1) is 7.75. The summed E-state index contributed by atoms with van der Waals surface area (Å²) in [5, 5.41) is 5.25. The third-order valence-electron chi connectivity index (χ3n) is 1.91. The lowest BCUT2D eigenvalue weighted by atomic mass is 10.3. The molecule has 2 heterocycles. The molecule has 0 radical (unpaired) electrons. The highest BCUT2D eigenvalue weighted by molar-refractivity contribution is 5.82. The minimum atomic E-state index is -0.328. The SMILES string of the molecule is CC1=CN(N=Cc2cccnc2)C(=O)NN1. The molecule has 2 rings (SSSR count). The Hall–Kier alpha value is -2.37. The molecule has 0 aliphatic carbocycles. The van der Waals surface area contributed by atoms with E-state index in [2.05, 4.69) is 20.9 Å². The number of hydrazine groups is 1. The Labute approximate surface area is 92.6 Å².